The smallest absolute Gasteiger partial charge is 0.406 e. The van der Waals surface area contributed by atoms with E-state index in [1.165, 1.54) is 0 Å². The number of rotatable bonds is 3. The molecule has 0 aromatic carbocycles. The lowest BCUT2D eigenvalue weighted by Gasteiger charge is -2.25. The molecule has 1 aliphatic carbocycles. The highest BCUT2D eigenvalue weighted by atomic mass is 19.4. The summed E-state index contributed by atoms with van der Waals surface area (Å²) in [5, 5.41) is 2.60. The van der Waals surface area contributed by atoms with E-state index in [9.17, 15) is 13.2 Å². The van der Waals surface area contributed by atoms with Crippen LogP contribution in [0.15, 0.2) is 12.3 Å². The Bertz CT molecular complexity index is 258. The zero-order chi connectivity index (χ0) is 10.9. The second kappa shape index (κ2) is 3.70. The molecule has 2 aliphatic rings. The Morgan fingerprint density at radius 3 is 2.60 bits per heavy atom. The minimum absolute atomic E-state index is 0.116. The maximum atomic E-state index is 12.5. The van der Waals surface area contributed by atoms with Crippen molar-refractivity contribution >= 4 is 0 Å². The third-order valence-corrected chi connectivity index (χ3v) is 2.98. The first-order valence-electron chi connectivity index (χ1n) is 5.16. The van der Waals surface area contributed by atoms with Gasteiger partial charge in [-0.2, -0.15) is 13.2 Å². The molecule has 0 radical (unpaired) electrons. The van der Waals surface area contributed by atoms with Crippen LogP contribution in [0.5, 0.6) is 0 Å². The molecule has 1 atom stereocenters. The maximum absolute atomic E-state index is 12.5. The van der Waals surface area contributed by atoms with Crippen LogP contribution in [0.25, 0.3) is 0 Å². The van der Waals surface area contributed by atoms with Crippen molar-refractivity contribution in [1.82, 2.24) is 5.32 Å². The van der Waals surface area contributed by atoms with E-state index in [4.69, 9.17) is 4.74 Å². The largest absolute Gasteiger partial charge is 0.497 e. The Morgan fingerprint density at radius 1 is 1.40 bits per heavy atom. The highest BCUT2D eigenvalue weighted by Crippen LogP contribution is 2.48. The second-order valence-corrected chi connectivity index (χ2v) is 4.17. The Balaban J connectivity index is 1.80. The van der Waals surface area contributed by atoms with E-state index in [1.54, 1.807) is 6.26 Å². The summed E-state index contributed by atoms with van der Waals surface area (Å²) in [7, 11) is 0. The Morgan fingerprint density at radius 2 is 2.13 bits per heavy atom. The molecule has 1 fully saturated rings. The van der Waals surface area contributed by atoms with E-state index in [2.05, 4.69) is 5.32 Å². The highest BCUT2D eigenvalue weighted by Gasteiger charge is 2.63. The fraction of sp³-hybridized carbons (Fsp3) is 0.800. The first-order valence-corrected chi connectivity index (χ1v) is 5.16. The average Bonchev–Trinajstić information content (AvgIpc) is 2.96. The predicted molar refractivity (Wildman–Crippen MR) is 49.3 cm³/mol. The molecule has 5 heteroatoms. The van der Waals surface area contributed by atoms with Crippen molar-refractivity contribution in [3.8, 4) is 0 Å². The molecule has 0 aromatic heterocycles. The van der Waals surface area contributed by atoms with Gasteiger partial charge in [0.05, 0.1) is 6.26 Å². The van der Waals surface area contributed by atoms with Crippen LogP contribution in [-0.2, 0) is 4.74 Å². The summed E-state index contributed by atoms with van der Waals surface area (Å²) >= 11 is 0. The molecule has 86 valence electrons. The Hall–Kier alpha value is -0.710. The molecule has 2 rings (SSSR count). The van der Waals surface area contributed by atoms with Crippen molar-refractivity contribution in [2.24, 2.45) is 0 Å². The van der Waals surface area contributed by atoms with Gasteiger partial charge in [-0.15, -0.1) is 0 Å². The van der Waals surface area contributed by atoms with Gasteiger partial charge in [0.2, 0.25) is 0 Å². The van der Waals surface area contributed by atoms with Gasteiger partial charge in [-0.25, -0.2) is 0 Å². The molecular weight excluding hydrogens is 207 g/mol. The number of halogens is 3. The summed E-state index contributed by atoms with van der Waals surface area (Å²) in [5.74, 6) is 0. The summed E-state index contributed by atoms with van der Waals surface area (Å²) in [6.45, 7) is 0.282. The maximum Gasteiger partial charge on any atom is 0.406 e. The van der Waals surface area contributed by atoms with Gasteiger partial charge in [0.1, 0.15) is 11.6 Å². The minimum Gasteiger partial charge on any atom is -0.497 e. The average molecular weight is 221 g/mol. The topological polar surface area (TPSA) is 21.3 Å². The van der Waals surface area contributed by atoms with E-state index in [-0.39, 0.29) is 25.5 Å². The molecule has 1 aliphatic heterocycles. The van der Waals surface area contributed by atoms with Crippen molar-refractivity contribution in [1.29, 1.82) is 0 Å². The van der Waals surface area contributed by atoms with Crippen molar-refractivity contribution in [2.75, 3.05) is 6.54 Å². The molecule has 0 saturated heterocycles. The van der Waals surface area contributed by atoms with Crippen molar-refractivity contribution in [3.05, 3.63) is 12.3 Å². The normalized spacial score (nSPS) is 28.6. The van der Waals surface area contributed by atoms with Crippen LogP contribution < -0.4 is 5.32 Å². The van der Waals surface area contributed by atoms with Gasteiger partial charge in [-0.1, -0.05) is 0 Å². The van der Waals surface area contributed by atoms with Crippen LogP contribution in [-0.4, -0.2) is 24.4 Å². The first-order chi connectivity index (χ1) is 7.04. The molecule has 15 heavy (non-hydrogen) atoms. The zero-order valence-corrected chi connectivity index (χ0v) is 8.31. The van der Waals surface area contributed by atoms with E-state index in [0.29, 0.717) is 0 Å². The van der Waals surface area contributed by atoms with E-state index in [1.807, 2.05) is 6.08 Å². The molecule has 2 nitrogen and oxygen atoms in total. The summed E-state index contributed by atoms with van der Waals surface area (Å²) in [5.41, 5.74) is -1.61. The van der Waals surface area contributed by atoms with Crippen LogP contribution in [0.1, 0.15) is 25.7 Å². The highest BCUT2D eigenvalue weighted by molar-refractivity contribution is 5.08. The number of ether oxygens (including phenoxy) is 1. The minimum atomic E-state index is -4.13. The SMILES string of the molecule is FC(F)(F)C1(NCC2CCC=CO2)CC1. The van der Waals surface area contributed by atoms with Gasteiger partial charge in [0, 0.05) is 6.54 Å². The lowest BCUT2D eigenvalue weighted by Crippen LogP contribution is -2.48. The molecule has 1 unspecified atom stereocenters. The first kappa shape index (κ1) is 10.8. The predicted octanol–water partition coefficient (Wildman–Crippen LogP) is 2.36. The quantitative estimate of drug-likeness (QED) is 0.790. The second-order valence-electron chi connectivity index (χ2n) is 4.17. The number of hydrogen-bond acceptors (Lipinski definition) is 2. The standard InChI is InChI=1S/C10H14F3NO/c11-10(12,13)9(4-5-9)14-7-8-3-1-2-6-15-8/h2,6,8,14H,1,3-5,7H2. The van der Waals surface area contributed by atoms with Gasteiger partial charge in [-0.05, 0) is 31.8 Å². The Kier molecular flexibility index (Phi) is 2.66. The van der Waals surface area contributed by atoms with Crippen LogP contribution >= 0.6 is 0 Å². The number of alkyl halides is 3. The lowest BCUT2D eigenvalue weighted by molar-refractivity contribution is -0.166. The van der Waals surface area contributed by atoms with E-state index in [0.717, 1.165) is 12.8 Å². The summed E-state index contributed by atoms with van der Waals surface area (Å²) in [4.78, 5) is 0. The molecule has 0 bridgehead atoms. The summed E-state index contributed by atoms with van der Waals surface area (Å²) in [6, 6.07) is 0. The van der Waals surface area contributed by atoms with Gasteiger partial charge >= 0.3 is 6.18 Å². The monoisotopic (exact) mass is 221 g/mol. The third kappa shape index (κ3) is 2.27. The number of allylic oxidation sites excluding steroid dienone is 1. The molecule has 0 spiro atoms. The van der Waals surface area contributed by atoms with Crippen molar-refractivity contribution in [3.63, 3.8) is 0 Å². The molecule has 1 N–H and O–H groups in total. The summed E-state index contributed by atoms with van der Waals surface area (Å²) in [6.07, 6.45) is 1.27. The Labute approximate surface area is 86.5 Å². The van der Waals surface area contributed by atoms with Crippen LogP contribution in [0, 0.1) is 0 Å². The van der Waals surface area contributed by atoms with Crippen molar-refractivity contribution < 1.29 is 17.9 Å². The zero-order valence-electron chi connectivity index (χ0n) is 8.31. The molecular formula is C10H14F3NO. The van der Waals surface area contributed by atoms with E-state index >= 15 is 0 Å². The van der Waals surface area contributed by atoms with Crippen LogP contribution in [0.2, 0.25) is 0 Å². The van der Waals surface area contributed by atoms with Gasteiger partial charge in [0.15, 0.2) is 0 Å². The third-order valence-electron chi connectivity index (χ3n) is 2.98. The van der Waals surface area contributed by atoms with Crippen LogP contribution in [0.4, 0.5) is 13.2 Å². The fourth-order valence-electron chi connectivity index (χ4n) is 1.73. The molecule has 0 aromatic rings. The van der Waals surface area contributed by atoms with Gasteiger partial charge in [0.25, 0.3) is 0 Å². The number of nitrogens with one attached hydrogen (secondary N) is 1. The van der Waals surface area contributed by atoms with Gasteiger partial charge < -0.3 is 4.74 Å². The number of hydrogen-bond donors (Lipinski definition) is 1. The molecule has 1 saturated carbocycles. The van der Waals surface area contributed by atoms with Crippen LogP contribution in [0.3, 0.4) is 0 Å². The van der Waals surface area contributed by atoms with Gasteiger partial charge in [-0.3, -0.25) is 5.32 Å². The van der Waals surface area contributed by atoms with Crippen molar-refractivity contribution in [2.45, 2.75) is 43.5 Å². The molecule has 0 amide bonds. The molecule has 1 heterocycles. The van der Waals surface area contributed by atoms with E-state index < -0.39 is 11.7 Å². The fourth-order valence-corrected chi connectivity index (χ4v) is 1.73. The summed E-state index contributed by atoms with van der Waals surface area (Å²) < 4.78 is 42.8. The lowest BCUT2D eigenvalue weighted by atomic mass is 10.1.